The van der Waals surface area contributed by atoms with E-state index >= 15 is 0 Å². The van der Waals surface area contributed by atoms with Gasteiger partial charge >= 0.3 is 6.18 Å². The van der Waals surface area contributed by atoms with Gasteiger partial charge in [0.05, 0.1) is 29.0 Å². The first-order chi connectivity index (χ1) is 18.6. The maximum absolute atomic E-state index is 14.6. The number of benzene rings is 2. The molecular formula is C26H21F4N7O2. The summed E-state index contributed by atoms with van der Waals surface area (Å²) in [6, 6.07) is 6.33. The summed E-state index contributed by atoms with van der Waals surface area (Å²) in [4.78, 5) is 26.4. The third kappa shape index (κ3) is 4.04. The Kier molecular flexibility index (Phi) is 5.56. The molecule has 1 unspecified atom stereocenters. The highest BCUT2D eigenvalue weighted by atomic mass is 19.4. The van der Waals surface area contributed by atoms with Crippen molar-refractivity contribution in [1.29, 1.82) is 0 Å². The van der Waals surface area contributed by atoms with E-state index in [0.717, 1.165) is 31.0 Å². The summed E-state index contributed by atoms with van der Waals surface area (Å²) in [5.74, 6) is -0.235. The molecule has 200 valence electrons. The summed E-state index contributed by atoms with van der Waals surface area (Å²) >= 11 is 0. The van der Waals surface area contributed by atoms with Crippen molar-refractivity contribution in [3.05, 3.63) is 70.3 Å². The molecule has 0 aliphatic heterocycles. The number of methoxy groups -OCH3 is 1. The Morgan fingerprint density at radius 2 is 1.90 bits per heavy atom. The third-order valence-electron chi connectivity index (χ3n) is 6.85. The van der Waals surface area contributed by atoms with Gasteiger partial charge in [-0.2, -0.15) is 18.3 Å². The van der Waals surface area contributed by atoms with E-state index in [1.807, 2.05) is 0 Å². The van der Waals surface area contributed by atoms with Crippen LogP contribution >= 0.6 is 0 Å². The first-order valence-electron chi connectivity index (χ1n) is 12.0. The number of alkyl halides is 3. The fourth-order valence-corrected chi connectivity index (χ4v) is 4.76. The van der Waals surface area contributed by atoms with E-state index < -0.39 is 29.2 Å². The Hall–Kier alpha value is -4.55. The predicted molar refractivity (Wildman–Crippen MR) is 135 cm³/mol. The zero-order chi connectivity index (χ0) is 27.6. The summed E-state index contributed by atoms with van der Waals surface area (Å²) < 4.78 is 62.8. The summed E-state index contributed by atoms with van der Waals surface area (Å²) in [5.41, 5.74) is 5.74. The normalized spacial score (nSPS) is 14.7. The van der Waals surface area contributed by atoms with Gasteiger partial charge in [-0.3, -0.25) is 9.36 Å². The van der Waals surface area contributed by atoms with Gasteiger partial charge in [0, 0.05) is 11.6 Å². The van der Waals surface area contributed by atoms with Gasteiger partial charge in [-0.05, 0) is 56.2 Å². The lowest BCUT2D eigenvalue weighted by atomic mass is 10.1. The maximum Gasteiger partial charge on any atom is 0.416 e. The zero-order valence-electron chi connectivity index (χ0n) is 20.7. The summed E-state index contributed by atoms with van der Waals surface area (Å²) in [5, 5.41) is 5.12. The minimum atomic E-state index is -4.60. The van der Waals surface area contributed by atoms with Crippen LogP contribution in [0.1, 0.15) is 43.2 Å². The lowest BCUT2D eigenvalue weighted by Crippen LogP contribution is -2.28. The smallest absolute Gasteiger partial charge is 0.416 e. The number of nitrogens with two attached hydrogens (primary N) is 1. The molecule has 0 saturated heterocycles. The van der Waals surface area contributed by atoms with Gasteiger partial charge < -0.3 is 10.5 Å². The predicted octanol–water partition coefficient (Wildman–Crippen LogP) is 4.90. The molecule has 1 saturated carbocycles. The topological polar surface area (TPSA) is 114 Å². The molecule has 0 spiro atoms. The third-order valence-corrected chi connectivity index (χ3v) is 6.85. The average molecular weight is 539 g/mol. The van der Waals surface area contributed by atoms with Crippen molar-refractivity contribution >= 4 is 27.8 Å². The molecule has 1 atom stereocenters. The molecule has 0 amide bonds. The van der Waals surface area contributed by atoms with E-state index in [9.17, 15) is 22.4 Å². The lowest BCUT2D eigenvalue weighted by Gasteiger charge is -2.19. The molecule has 3 heterocycles. The van der Waals surface area contributed by atoms with E-state index in [1.165, 1.54) is 34.8 Å². The molecule has 2 N–H and O–H groups in total. The summed E-state index contributed by atoms with van der Waals surface area (Å²) in [6.07, 6.45) is -1.88. The van der Waals surface area contributed by atoms with Crippen molar-refractivity contribution in [2.75, 3.05) is 12.8 Å². The van der Waals surface area contributed by atoms with Crippen LogP contribution in [0.3, 0.4) is 0 Å². The second-order valence-corrected chi connectivity index (χ2v) is 9.38. The van der Waals surface area contributed by atoms with Gasteiger partial charge in [-0.1, -0.05) is 0 Å². The van der Waals surface area contributed by atoms with Crippen LogP contribution in [0.2, 0.25) is 0 Å². The second-order valence-electron chi connectivity index (χ2n) is 9.38. The van der Waals surface area contributed by atoms with Crippen molar-refractivity contribution < 1.29 is 22.3 Å². The lowest BCUT2D eigenvalue weighted by molar-refractivity contribution is -0.137. The molecule has 2 aromatic carbocycles. The molecule has 1 fully saturated rings. The van der Waals surface area contributed by atoms with Crippen LogP contribution in [0.4, 0.5) is 23.4 Å². The van der Waals surface area contributed by atoms with E-state index in [0.29, 0.717) is 16.6 Å². The SMILES string of the molecule is COc1ccc(-c2nn(C(C)c3nc4cc(C(F)(F)F)ccc4c(=O)n3C3CC3)c3ncnc(N)c23)cc1F. The molecule has 39 heavy (non-hydrogen) atoms. The molecule has 0 radical (unpaired) electrons. The molecular weight excluding hydrogens is 518 g/mol. The van der Waals surface area contributed by atoms with Gasteiger partial charge in [0.25, 0.3) is 5.56 Å². The van der Waals surface area contributed by atoms with Crippen molar-refractivity contribution in [2.24, 2.45) is 0 Å². The van der Waals surface area contributed by atoms with Crippen LogP contribution in [0.25, 0.3) is 33.2 Å². The average Bonchev–Trinajstić information content (AvgIpc) is 3.66. The Balaban J connectivity index is 1.58. The van der Waals surface area contributed by atoms with Gasteiger partial charge in [-0.25, -0.2) is 24.0 Å². The molecule has 6 rings (SSSR count). The first-order valence-corrected chi connectivity index (χ1v) is 12.0. The number of rotatable bonds is 5. The highest BCUT2D eigenvalue weighted by Gasteiger charge is 2.34. The summed E-state index contributed by atoms with van der Waals surface area (Å²) in [6.45, 7) is 1.71. The quantitative estimate of drug-likeness (QED) is 0.316. The fourth-order valence-electron chi connectivity index (χ4n) is 4.76. The number of hydrogen-bond acceptors (Lipinski definition) is 7. The molecule has 3 aromatic heterocycles. The molecule has 9 nitrogen and oxygen atoms in total. The van der Waals surface area contributed by atoms with Crippen LogP contribution in [-0.4, -0.2) is 36.4 Å². The largest absolute Gasteiger partial charge is 0.494 e. The van der Waals surface area contributed by atoms with Crippen LogP contribution in [0.5, 0.6) is 5.75 Å². The molecule has 1 aliphatic rings. The number of anilines is 1. The van der Waals surface area contributed by atoms with E-state index in [2.05, 4.69) is 20.1 Å². The van der Waals surface area contributed by atoms with Crippen LogP contribution < -0.4 is 16.0 Å². The van der Waals surface area contributed by atoms with Crippen molar-refractivity contribution in [1.82, 2.24) is 29.3 Å². The minimum Gasteiger partial charge on any atom is -0.494 e. The number of aromatic nitrogens is 6. The number of nitrogens with zero attached hydrogens (tertiary/aromatic N) is 6. The number of fused-ring (bicyclic) bond motifs is 2. The monoisotopic (exact) mass is 539 g/mol. The minimum absolute atomic E-state index is 0.0483. The number of nitrogen functional groups attached to an aromatic ring is 1. The Bertz CT molecular complexity index is 1830. The number of hydrogen-bond donors (Lipinski definition) is 1. The van der Waals surface area contributed by atoms with Crippen molar-refractivity contribution in [2.45, 2.75) is 38.0 Å². The van der Waals surface area contributed by atoms with Crippen LogP contribution in [0.15, 0.2) is 47.5 Å². The Morgan fingerprint density at radius 3 is 2.56 bits per heavy atom. The molecule has 5 aromatic rings. The standard InChI is InChI=1S/C26H21F4N7O2/c1-12(23-34-18-10-14(26(28,29)30)4-7-16(18)25(38)36(23)15-5-6-15)37-24-20(22(31)32-11-33-24)21(35-37)13-3-8-19(39-2)17(27)9-13/h3-4,7-12,15H,5-6H2,1-2H3,(H2,31,32,33). The second kappa shape index (κ2) is 8.75. The Labute approximate surface area is 217 Å². The van der Waals surface area contributed by atoms with E-state index in [-0.39, 0.29) is 40.0 Å². The fraction of sp³-hybridized carbons (Fsp3) is 0.269. The van der Waals surface area contributed by atoms with Gasteiger partial charge in [0.2, 0.25) is 0 Å². The molecule has 1 aliphatic carbocycles. The van der Waals surface area contributed by atoms with Crippen LogP contribution in [0, 0.1) is 5.82 Å². The number of ether oxygens (including phenoxy) is 1. The highest BCUT2D eigenvalue weighted by Crippen LogP contribution is 2.39. The highest BCUT2D eigenvalue weighted by molar-refractivity contribution is 5.98. The molecule has 13 heteroatoms. The van der Waals surface area contributed by atoms with Crippen LogP contribution in [-0.2, 0) is 6.18 Å². The maximum atomic E-state index is 14.6. The van der Waals surface area contributed by atoms with E-state index in [4.69, 9.17) is 10.5 Å². The van der Waals surface area contributed by atoms with Gasteiger partial charge in [0.15, 0.2) is 17.2 Å². The number of halogens is 4. The summed E-state index contributed by atoms with van der Waals surface area (Å²) in [7, 11) is 1.35. The molecule has 0 bridgehead atoms. The van der Waals surface area contributed by atoms with Crippen molar-refractivity contribution in [3.63, 3.8) is 0 Å². The zero-order valence-corrected chi connectivity index (χ0v) is 20.7. The Morgan fingerprint density at radius 1 is 1.13 bits per heavy atom. The van der Waals surface area contributed by atoms with E-state index in [1.54, 1.807) is 13.0 Å². The first kappa shape index (κ1) is 24.8. The van der Waals surface area contributed by atoms with Gasteiger partial charge in [-0.15, -0.1) is 0 Å². The van der Waals surface area contributed by atoms with Gasteiger partial charge in [0.1, 0.15) is 29.7 Å². The van der Waals surface area contributed by atoms with Crippen molar-refractivity contribution in [3.8, 4) is 17.0 Å².